The van der Waals surface area contributed by atoms with Gasteiger partial charge in [-0.25, -0.2) is 4.79 Å². The van der Waals surface area contributed by atoms with E-state index < -0.39 is 40.7 Å². The average Bonchev–Trinajstić information content (AvgIpc) is 3.42. The third-order valence-corrected chi connectivity index (χ3v) is 16.6. The Hall–Kier alpha value is -3.53. The van der Waals surface area contributed by atoms with Crippen molar-refractivity contribution in [2.24, 2.45) is 56.2 Å². The van der Waals surface area contributed by atoms with Crippen LogP contribution >= 0.6 is 0 Å². The molecule has 10 heteroatoms. The molecule has 6 rings (SSSR count). The molecule has 0 bridgehead atoms. The van der Waals surface area contributed by atoms with E-state index in [-0.39, 0.29) is 77.2 Å². The number of ether oxygens (including phenoxy) is 1. The number of carbonyl (C=O) groups excluding carboxylic acids is 3. The van der Waals surface area contributed by atoms with Crippen LogP contribution in [0.1, 0.15) is 132 Å². The number of Topliss-reactive ketones (excluding diaryl/α,β-unsaturated/α-hetero) is 1. The monoisotopic (exact) mass is 775 g/mol. The van der Waals surface area contributed by atoms with Crippen LogP contribution < -0.4 is 0 Å². The molecule has 0 heterocycles. The number of ketones is 1. The van der Waals surface area contributed by atoms with Crippen molar-refractivity contribution in [1.82, 2.24) is 4.90 Å². The van der Waals surface area contributed by atoms with Crippen molar-refractivity contribution in [3.8, 4) is 0 Å². The van der Waals surface area contributed by atoms with Crippen LogP contribution in [0.25, 0.3) is 0 Å². The summed E-state index contributed by atoms with van der Waals surface area (Å²) in [5, 5.41) is 31.8. The van der Waals surface area contributed by atoms with Gasteiger partial charge in [0.2, 0.25) is 0 Å². The van der Waals surface area contributed by atoms with Gasteiger partial charge in [0.25, 0.3) is 0 Å². The molecule has 2 unspecified atom stereocenters. The van der Waals surface area contributed by atoms with Crippen molar-refractivity contribution in [1.29, 1.82) is 0 Å². The lowest BCUT2D eigenvalue weighted by Gasteiger charge is -2.72. The summed E-state index contributed by atoms with van der Waals surface area (Å²) >= 11 is 0. The molecule has 308 valence electrons. The number of carbonyl (C=O) groups is 5. The molecule has 10 nitrogen and oxygen atoms in total. The number of carboxylic acid groups (broad SMARTS) is 2. The van der Waals surface area contributed by atoms with Crippen molar-refractivity contribution in [3.63, 3.8) is 0 Å². The lowest BCUT2D eigenvalue weighted by atomic mass is 9.33. The fourth-order valence-corrected chi connectivity index (χ4v) is 13.5. The van der Waals surface area contributed by atoms with Crippen molar-refractivity contribution >= 4 is 29.6 Å². The van der Waals surface area contributed by atoms with Gasteiger partial charge in [-0.15, -0.1) is 0 Å². The average molecular weight is 776 g/mol. The first kappa shape index (κ1) is 42.1. The molecular formula is C46H65NO9. The maximum atomic E-state index is 14.2. The Morgan fingerprint density at radius 3 is 2.14 bits per heavy atom. The highest BCUT2D eigenvalue weighted by Crippen LogP contribution is 2.77. The van der Waals surface area contributed by atoms with Crippen LogP contribution in [0.5, 0.6) is 0 Å². The molecule has 4 fully saturated rings. The number of aliphatic hydroxyl groups is 1. The van der Waals surface area contributed by atoms with Crippen LogP contribution in [-0.2, 0) is 35.3 Å². The van der Waals surface area contributed by atoms with E-state index in [0.717, 1.165) is 55.2 Å². The molecule has 3 N–H and O–H groups in total. The topological polar surface area (TPSA) is 159 Å². The third kappa shape index (κ3) is 6.54. The summed E-state index contributed by atoms with van der Waals surface area (Å²) in [4.78, 5) is 65.4. The Morgan fingerprint density at radius 2 is 1.54 bits per heavy atom. The van der Waals surface area contributed by atoms with E-state index in [1.165, 1.54) is 4.90 Å². The second-order valence-corrected chi connectivity index (χ2v) is 20.5. The highest BCUT2D eigenvalue weighted by atomic mass is 16.5. The molecule has 0 aliphatic heterocycles. The van der Waals surface area contributed by atoms with Crippen LogP contribution in [0.4, 0.5) is 0 Å². The number of fused-ring (bicyclic) bond motifs is 7. The number of rotatable bonds is 10. The number of aliphatic hydroxyl groups excluding tert-OH is 1. The van der Waals surface area contributed by atoms with Gasteiger partial charge in [0.1, 0.15) is 6.10 Å². The molecule has 1 aromatic carbocycles. The van der Waals surface area contributed by atoms with Gasteiger partial charge in [-0.05, 0) is 116 Å². The summed E-state index contributed by atoms with van der Waals surface area (Å²) in [6.07, 6.45) is 5.35. The van der Waals surface area contributed by atoms with Gasteiger partial charge >= 0.3 is 23.8 Å². The Morgan fingerprint density at radius 1 is 0.875 bits per heavy atom. The van der Waals surface area contributed by atoms with Crippen molar-refractivity contribution in [2.45, 2.75) is 145 Å². The molecule has 1 amide bonds. The standard InChI is InChI=1S/C46H65NO9/c1-27(2)36-30(48)23-46(33(49)26-47(38(51)39(52)53)25-28-13-11-10-12-14-28)22-21-44(8)29(37(36)46)15-16-32-43(7)19-18-34(56-35(50)24-41(3,4)40(54)55)42(5,6)31(43)17-20-45(32,44)9/h10-14,27,29,31-34,49H,15-26H2,1-9H3,(H,52,53)(H,54,55)/t29-,31+,32-,33?,34+,43+,44-,45-,46?/m1/s1. The molecule has 0 radical (unpaired) electrons. The number of aliphatic carboxylic acids is 2. The second kappa shape index (κ2) is 14.4. The predicted molar refractivity (Wildman–Crippen MR) is 211 cm³/mol. The number of amides is 1. The molecule has 5 aliphatic rings. The number of hydrogen-bond acceptors (Lipinski definition) is 7. The van der Waals surface area contributed by atoms with E-state index in [2.05, 4.69) is 48.5 Å². The van der Waals surface area contributed by atoms with Crippen LogP contribution in [0.15, 0.2) is 41.5 Å². The minimum Gasteiger partial charge on any atom is -0.481 e. The van der Waals surface area contributed by atoms with E-state index >= 15 is 0 Å². The number of allylic oxidation sites excluding steroid dienone is 1. The molecule has 5 aliphatic carbocycles. The minimum atomic E-state index is -1.57. The Kier molecular flexibility index (Phi) is 10.8. The minimum absolute atomic E-state index is 0.0301. The normalized spacial score (nSPS) is 35.4. The fraction of sp³-hybridized carbons (Fsp3) is 0.717. The van der Waals surface area contributed by atoms with Gasteiger partial charge in [-0.2, -0.15) is 0 Å². The van der Waals surface area contributed by atoms with Gasteiger partial charge in [0.05, 0.1) is 17.9 Å². The van der Waals surface area contributed by atoms with E-state index in [0.29, 0.717) is 18.8 Å². The number of carboxylic acids is 2. The van der Waals surface area contributed by atoms with E-state index in [9.17, 15) is 39.3 Å². The van der Waals surface area contributed by atoms with E-state index in [1.807, 2.05) is 30.3 Å². The third-order valence-electron chi connectivity index (χ3n) is 16.6. The molecule has 0 saturated heterocycles. The highest BCUT2D eigenvalue weighted by molar-refractivity contribution is 6.31. The maximum absolute atomic E-state index is 14.2. The highest BCUT2D eigenvalue weighted by Gasteiger charge is 2.71. The largest absolute Gasteiger partial charge is 0.481 e. The summed E-state index contributed by atoms with van der Waals surface area (Å²) in [6.45, 7) is 18.9. The van der Waals surface area contributed by atoms with Gasteiger partial charge in [-0.3, -0.25) is 19.2 Å². The fourth-order valence-electron chi connectivity index (χ4n) is 13.5. The Labute approximate surface area is 332 Å². The summed E-state index contributed by atoms with van der Waals surface area (Å²) < 4.78 is 6.15. The summed E-state index contributed by atoms with van der Waals surface area (Å²) in [7, 11) is 0. The first-order chi connectivity index (χ1) is 26.0. The lowest BCUT2D eigenvalue weighted by Crippen LogP contribution is -2.66. The van der Waals surface area contributed by atoms with Gasteiger partial charge in [0.15, 0.2) is 5.78 Å². The van der Waals surface area contributed by atoms with Gasteiger partial charge < -0.3 is 25.0 Å². The van der Waals surface area contributed by atoms with E-state index in [1.54, 1.807) is 13.8 Å². The molecule has 4 saturated carbocycles. The smallest absolute Gasteiger partial charge is 0.394 e. The zero-order chi connectivity index (χ0) is 41.4. The number of esters is 1. The molecule has 0 spiro atoms. The SMILES string of the molecule is CC(C)C1=C2[C@H]3CC[C@@H]4[C@@]5(C)CC[C@H](OC(=O)CC(C)(C)C(=O)O)C(C)(C)[C@@H]5CC[C@@]4(C)[C@]3(C)CCC2(C(O)CN(Cc2ccccc2)C(=O)C(=O)O)CC1=O. The molecular weight excluding hydrogens is 711 g/mol. The predicted octanol–water partition coefficient (Wildman–Crippen LogP) is 7.85. The van der Waals surface area contributed by atoms with Crippen molar-refractivity contribution in [3.05, 3.63) is 47.0 Å². The zero-order valence-corrected chi connectivity index (χ0v) is 35.1. The van der Waals surface area contributed by atoms with Crippen LogP contribution in [0.3, 0.4) is 0 Å². The van der Waals surface area contributed by atoms with Crippen molar-refractivity contribution < 1.29 is 44.0 Å². The molecule has 1 aromatic rings. The van der Waals surface area contributed by atoms with Crippen LogP contribution in [0, 0.1) is 56.2 Å². The van der Waals surface area contributed by atoms with Gasteiger partial charge in [-0.1, -0.05) is 84.4 Å². The maximum Gasteiger partial charge on any atom is 0.394 e. The number of benzene rings is 1. The Balaban J connectivity index is 1.30. The second-order valence-electron chi connectivity index (χ2n) is 20.5. The summed E-state index contributed by atoms with van der Waals surface area (Å²) in [5.41, 5.74) is -0.0425. The first-order valence-corrected chi connectivity index (χ1v) is 20.9. The van der Waals surface area contributed by atoms with Gasteiger partial charge in [0, 0.05) is 30.3 Å². The Bertz CT molecular complexity index is 1800. The number of nitrogens with zero attached hydrogens (tertiary/aromatic N) is 1. The van der Waals surface area contributed by atoms with Crippen LogP contribution in [0.2, 0.25) is 0 Å². The molecule has 56 heavy (non-hydrogen) atoms. The molecule has 0 aromatic heterocycles. The lowest BCUT2D eigenvalue weighted by molar-refractivity contribution is -0.235. The van der Waals surface area contributed by atoms with Crippen LogP contribution in [-0.4, -0.2) is 68.6 Å². The summed E-state index contributed by atoms with van der Waals surface area (Å²) in [6, 6.07) is 9.18. The quantitative estimate of drug-likeness (QED) is 0.159. The summed E-state index contributed by atoms with van der Waals surface area (Å²) in [5.74, 6) is -3.40. The zero-order valence-electron chi connectivity index (χ0n) is 35.1. The number of hydrogen-bond donors (Lipinski definition) is 3. The molecule has 9 atom stereocenters. The first-order valence-electron chi connectivity index (χ1n) is 20.9. The van der Waals surface area contributed by atoms with Crippen molar-refractivity contribution in [2.75, 3.05) is 6.54 Å². The van der Waals surface area contributed by atoms with E-state index in [4.69, 9.17) is 4.74 Å².